The molecule has 0 amide bonds. The van der Waals surface area contributed by atoms with Crippen LogP contribution in [0.2, 0.25) is 0 Å². The Morgan fingerprint density at radius 1 is 1.35 bits per heavy atom. The van der Waals surface area contributed by atoms with Gasteiger partial charge >= 0.3 is 5.97 Å². The summed E-state index contributed by atoms with van der Waals surface area (Å²) in [6, 6.07) is 0. The maximum absolute atomic E-state index is 11.2. The number of hydrogen-bond acceptors (Lipinski definition) is 4. The Hall–Kier alpha value is -1.61. The first-order chi connectivity index (χ1) is 10.6. The van der Waals surface area contributed by atoms with Crippen LogP contribution in [-0.2, 0) is 9.53 Å². The van der Waals surface area contributed by atoms with Crippen molar-refractivity contribution in [2.45, 2.75) is 59.2 Å². The van der Waals surface area contributed by atoms with Gasteiger partial charge in [0.05, 0.1) is 12.2 Å². The molecule has 0 aromatic heterocycles. The molecule has 0 aromatic rings. The number of esters is 1. The third kappa shape index (κ3) is 5.83. The quantitative estimate of drug-likeness (QED) is 0.474. The molecule has 1 aliphatic carbocycles. The van der Waals surface area contributed by atoms with E-state index in [4.69, 9.17) is 9.84 Å². The third-order valence-corrected chi connectivity index (χ3v) is 3.96. The molecular weight excluding hydrogens is 292 g/mol. The van der Waals surface area contributed by atoms with Crippen LogP contribution in [0.25, 0.3) is 0 Å². The molecular formula is C19H28O4. The van der Waals surface area contributed by atoms with Crippen molar-refractivity contribution < 1.29 is 19.7 Å². The molecule has 2 atom stereocenters. The number of allylic oxidation sites excluding steroid dienone is 3. The van der Waals surface area contributed by atoms with E-state index < -0.39 is 5.60 Å². The summed E-state index contributed by atoms with van der Waals surface area (Å²) in [4.78, 5) is 11.2. The van der Waals surface area contributed by atoms with Crippen LogP contribution in [0, 0.1) is 5.41 Å². The molecule has 23 heavy (non-hydrogen) atoms. The van der Waals surface area contributed by atoms with Gasteiger partial charge in [0.15, 0.2) is 0 Å². The number of ether oxygens (including phenoxy) is 1. The van der Waals surface area contributed by atoms with Crippen LogP contribution in [0.4, 0.5) is 0 Å². The third-order valence-electron chi connectivity index (χ3n) is 3.96. The van der Waals surface area contributed by atoms with E-state index in [0.717, 1.165) is 11.1 Å². The summed E-state index contributed by atoms with van der Waals surface area (Å²) in [6.07, 6.45) is 7.88. The van der Waals surface area contributed by atoms with E-state index in [9.17, 15) is 9.90 Å². The topological polar surface area (TPSA) is 66.8 Å². The molecule has 2 N–H and O–H groups in total. The van der Waals surface area contributed by atoms with Crippen molar-refractivity contribution in [3.8, 4) is 0 Å². The van der Waals surface area contributed by atoms with Crippen LogP contribution in [0.15, 0.2) is 41.2 Å². The first kappa shape index (κ1) is 19.4. The van der Waals surface area contributed by atoms with E-state index in [-0.39, 0.29) is 24.1 Å². The molecule has 1 rings (SSSR count). The molecule has 1 aliphatic rings. The van der Waals surface area contributed by atoms with E-state index in [2.05, 4.69) is 5.73 Å². The summed E-state index contributed by atoms with van der Waals surface area (Å²) < 4.78 is 5.31. The van der Waals surface area contributed by atoms with Gasteiger partial charge < -0.3 is 14.9 Å². The Labute approximate surface area is 138 Å². The second-order valence-corrected chi connectivity index (χ2v) is 6.98. The highest BCUT2D eigenvalue weighted by Crippen LogP contribution is 2.46. The zero-order valence-corrected chi connectivity index (χ0v) is 14.7. The van der Waals surface area contributed by atoms with Crippen molar-refractivity contribution in [1.29, 1.82) is 0 Å². The Kier molecular flexibility index (Phi) is 6.57. The van der Waals surface area contributed by atoms with Gasteiger partial charge in [-0.3, -0.25) is 4.79 Å². The Balaban J connectivity index is 3.10. The summed E-state index contributed by atoms with van der Waals surface area (Å²) in [5.41, 5.74) is 3.63. The van der Waals surface area contributed by atoms with Gasteiger partial charge in [-0.15, -0.1) is 5.73 Å². The molecule has 0 heterocycles. The standard InChI is InChI=1S/C19H28O4/c1-14(8-6-7-11-20)9-10-17-18(3,4)12-16(23-15(2)21)13-19(17,5)22/h6-9,16,20,22H,11-13H2,1-5H3/b7-6+,14-8+/t10?,16-,19+/m0/s1. The number of hydrogen-bond donors (Lipinski definition) is 2. The lowest BCUT2D eigenvalue weighted by Gasteiger charge is -2.44. The second-order valence-electron chi connectivity index (χ2n) is 6.98. The summed E-state index contributed by atoms with van der Waals surface area (Å²) in [7, 11) is 0. The lowest BCUT2D eigenvalue weighted by molar-refractivity contribution is -0.152. The van der Waals surface area contributed by atoms with Gasteiger partial charge in [0.1, 0.15) is 6.10 Å². The van der Waals surface area contributed by atoms with Gasteiger partial charge in [-0.05, 0) is 37.3 Å². The van der Waals surface area contributed by atoms with Crippen LogP contribution < -0.4 is 0 Å². The van der Waals surface area contributed by atoms with Crippen molar-refractivity contribution in [3.05, 3.63) is 41.2 Å². The van der Waals surface area contributed by atoms with Crippen molar-refractivity contribution in [2.75, 3.05) is 6.61 Å². The molecule has 4 heteroatoms. The minimum atomic E-state index is -1.07. The number of aliphatic hydroxyl groups excluding tert-OH is 1. The summed E-state index contributed by atoms with van der Waals surface area (Å²) in [5, 5.41) is 19.5. The molecule has 1 fully saturated rings. The number of aliphatic hydroxyl groups is 2. The molecule has 0 unspecified atom stereocenters. The van der Waals surface area contributed by atoms with Crippen molar-refractivity contribution in [3.63, 3.8) is 0 Å². The average molecular weight is 320 g/mol. The largest absolute Gasteiger partial charge is 0.462 e. The van der Waals surface area contributed by atoms with Crippen LogP contribution in [-0.4, -0.2) is 34.5 Å². The first-order valence-electron chi connectivity index (χ1n) is 7.90. The molecule has 128 valence electrons. The van der Waals surface area contributed by atoms with Crippen LogP contribution >= 0.6 is 0 Å². The first-order valence-corrected chi connectivity index (χ1v) is 7.90. The molecule has 0 aliphatic heterocycles. The van der Waals surface area contributed by atoms with E-state index in [0.29, 0.717) is 12.8 Å². The van der Waals surface area contributed by atoms with Crippen molar-refractivity contribution in [1.82, 2.24) is 0 Å². The normalized spacial score (nSPS) is 27.7. The van der Waals surface area contributed by atoms with Crippen LogP contribution in [0.1, 0.15) is 47.5 Å². The molecule has 0 radical (unpaired) electrons. The fourth-order valence-electron chi connectivity index (χ4n) is 3.20. The van der Waals surface area contributed by atoms with Crippen LogP contribution in [0.3, 0.4) is 0 Å². The number of carbonyl (C=O) groups is 1. The highest BCUT2D eigenvalue weighted by atomic mass is 16.5. The lowest BCUT2D eigenvalue weighted by Crippen LogP contribution is -2.46. The van der Waals surface area contributed by atoms with E-state index in [1.54, 1.807) is 19.1 Å². The maximum atomic E-state index is 11.2. The van der Waals surface area contributed by atoms with E-state index in [1.807, 2.05) is 32.9 Å². The monoisotopic (exact) mass is 320 g/mol. The summed E-state index contributed by atoms with van der Waals surface area (Å²) >= 11 is 0. The van der Waals surface area contributed by atoms with Crippen molar-refractivity contribution >= 4 is 5.97 Å². The SMILES string of the molecule is CC(=O)O[C@H]1CC(C)(C)C(=C=C/C(C)=C/C=C/CO)[C@](C)(O)C1. The van der Waals surface area contributed by atoms with Gasteiger partial charge in [0, 0.05) is 18.9 Å². The second kappa shape index (κ2) is 7.78. The molecule has 0 bridgehead atoms. The number of rotatable bonds is 4. The summed E-state index contributed by atoms with van der Waals surface area (Å²) in [6.45, 7) is 9.12. The zero-order valence-electron chi connectivity index (χ0n) is 14.7. The minimum Gasteiger partial charge on any atom is -0.462 e. The Morgan fingerprint density at radius 3 is 2.52 bits per heavy atom. The van der Waals surface area contributed by atoms with Gasteiger partial charge in [-0.2, -0.15) is 0 Å². The highest BCUT2D eigenvalue weighted by molar-refractivity contribution is 5.66. The summed E-state index contributed by atoms with van der Waals surface area (Å²) in [5.74, 6) is -0.320. The minimum absolute atomic E-state index is 0.00780. The fraction of sp³-hybridized carbons (Fsp3) is 0.579. The van der Waals surface area contributed by atoms with Gasteiger partial charge in [-0.25, -0.2) is 0 Å². The molecule has 0 spiro atoms. The molecule has 0 saturated heterocycles. The van der Waals surface area contributed by atoms with E-state index >= 15 is 0 Å². The van der Waals surface area contributed by atoms with Gasteiger partial charge in [0.2, 0.25) is 0 Å². The number of carbonyl (C=O) groups excluding carboxylic acids is 1. The lowest BCUT2D eigenvalue weighted by atomic mass is 9.65. The Morgan fingerprint density at radius 2 is 2.00 bits per heavy atom. The smallest absolute Gasteiger partial charge is 0.302 e. The fourth-order valence-corrected chi connectivity index (χ4v) is 3.20. The zero-order chi connectivity index (χ0) is 17.7. The Bertz CT molecular complexity index is 538. The average Bonchev–Trinajstić information content (AvgIpc) is 2.35. The highest BCUT2D eigenvalue weighted by Gasteiger charge is 2.46. The van der Waals surface area contributed by atoms with Gasteiger partial charge in [0.25, 0.3) is 0 Å². The van der Waals surface area contributed by atoms with Crippen LogP contribution in [0.5, 0.6) is 0 Å². The molecule has 4 nitrogen and oxygen atoms in total. The molecule has 0 aromatic carbocycles. The van der Waals surface area contributed by atoms with E-state index in [1.165, 1.54) is 6.92 Å². The predicted molar refractivity (Wildman–Crippen MR) is 90.8 cm³/mol. The van der Waals surface area contributed by atoms with Crippen molar-refractivity contribution in [2.24, 2.45) is 5.41 Å². The molecule has 1 saturated carbocycles. The maximum Gasteiger partial charge on any atom is 0.302 e. The van der Waals surface area contributed by atoms with Gasteiger partial charge in [-0.1, -0.05) is 32.1 Å². The predicted octanol–water partition coefficient (Wildman–Crippen LogP) is 3.07.